The first-order valence-electron chi connectivity index (χ1n) is 5.60. The smallest absolute Gasteiger partial charge is 0.235 e. The number of ether oxygens (including phenoxy) is 2. The summed E-state index contributed by atoms with van der Waals surface area (Å²) in [5, 5.41) is 0. The first-order valence-corrected chi connectivity index (χ1v) is 6.83. The van der Waals surface area contributed by atoms with Crippen molar-refractivity contribution < 1.29 is 14.3 Å². The lowest BCUT2D eigenvalue weighted by Crippen LogP contribution is -2.06. The normalized spacial score (nSPS) is 15.7. The van der Waals surface area contributed by atoms with E-state index in [9.17, 15) is 4.79 Å². The van der Waals surface area contributed by atoms with Crippen LogP contribution in [0.5, 0.6) is 11.5 Å². The summed E-state index contributed by atoms with van der Waals surface area (Å²) in [6, 6.07) is 3.84. The Balaban J connectivity index is 2.56. The van der Waals surface area contributed by atoms with Crippen LogP contribution in [0.15, 0.2) is 22.0 Å². The Labute approximate surface area is 110 Å². The van der Waals surface area contributed by atoms with Gasteiger partial charge in [-0.2, -0.15) is 4.99 Å². The van der Waals surface area contributed by atoms with Gasteiger partial charge in [0.2, 0.25) is 6.08 Å². The molecule has 0 bridgehead atoms. The molecule has 0 spiro atoms. The van der Waals surface area contributed by atoms with Gasteiger partial charge in [0.05, 0.1) is 19.1 Å². The zero-order chi connectivity index (χ0) is 13.2. The second-order valence-corrected chi connectivity index (χ2v) is 4.99. The molecule has 1 fully saturated rings. The van der Waals surface area contributed by atoms with Gasteiger partial charge >= 0.3 is 0 Å². The highest BCUT2D eigenvalue weighted by atomic mass is 32.2. The largest absolute Gasteiger partial charge is 0.496 e. The van der Waals surface area contributed by atoms with Gasteiger partial charge in [0.15, 0.2) is 0 Å². The number of hydrogen-bond acceptors (Lipinski definition) is 5. The topological polar surface area (TPSA) is 47.9 Å². The Kier molecular flexibility index (Phi) is 3.64. The van der Waals surface area contributed by atoms with Gasteiger partial charge in [-0.15, -0.1) is 11.8 Å². The van der Waals surface area contributed by atoms with Crippen molar-refractivity contribution in [1.82, 2.24) is 0 Å². The second-order valence-electron chi connectivity index (χ2n) is 4.14. The van der Waals surface area contributed by atoms with Crippen molar-refractivity contribution >= 4 is 17.8 Å². The SMILES string of the molecule is COc1cc(C2(N=C=O)CC2)c(OC)cc1SC. The zero-order valence-electron chi connectivity index (χ0n) is 10.6. The predicted molar refractivity (Wildman–Crippen MR) is 70.4 cm³/mol. The summed E-state index contributed by atoms with van der Waals surface area (Å²) in [6.07, 6.45) is 5.33. The molecule has 0 atom stereocenters. The molecule has 0 saturated heterocycles. The van der Waals surface area contributed by atoms with Gasteiger partial charge < -0.3 is 9.47 Å². The third-order valence-electron chi connectivity index (χ3n) is 3.19. The molecular formula is C13H15NO3S. The van der Waals surface area contributed by atoms with E-state index in [1.165, 1.54) is 0 Å². The van der Waals surface area contributed by atoms with E-state index < -0.39 is 5.54 Å². The van der Waals surface area contributed by atoms with Crippen molar-refractivity contribution in [3.8, 4) is 11.5 Å². The molecule has 0 amide bonds. The molecule has 96 valence electrons. The molecule has 0 heterocycles. The molecular weight excluding hydrogens is 250 g/mol. The average molecular weight is 265 g/mol. The first-order chi connectivity index (χ1) is 8.70. The van der Waals surface area contributed by atoms with Crippen LogP contribution >= 0.6 is 11.8 Å². The van der Waals surface area contributed by atoms with Crippen molar-refractivity contribution in [1.29, 1.82) is 0 Å². The number of aliphatic imine (C=N–C) groups is 1. The summed E-state index contributed by atoms with van der Waals surface area (Å²) >= 11 is 1.59. The number of benzene rings is 1. The summed E-state index contributed by atoms with van der Waals surface area (Å²) in [5.74, 6) is 1.53. The van der Waals surface area contributed by atoms with Gasteiger partial charge in [0, 0.05) is 5.56 Å². The van der Waals surface area contributed by atoms with Crippen LogP contribution in [0.3, 0.4) is 0 Å². The molecule has 1 aromatic rings. The molecule has 0 unspecified atom stereocenters. The van der Waals surface area contributed by atoms with E-state index in [4.69, 9.17) is 9.47 Å². The third-order valence-corrected chi connectivity index (χ3v) is 3.95. The number of thioether (sulfide) groups is 1. The predicted octanol–water partition coefficient (Wildman–Crippen LogP) is 2.75. The maximum Gasteiger partial charge on any atom is 0.235 e. The van der Waals surface area contributed by atoms with Crippen molar-refractivity contribution in [3.05, 3.63) is 17.7 Å². The van der Waals surface area contributed by atoms with Gasteiger partial charge in [0.1, 0.15) is 17.0 Å². The van der Waals surface area contributed by atoms with Crippen LogP contribution in [0.1, 0.15) is 18.4 Å². The fourth-order valence-electron chi connectivity index (χ4n) is 2.04. The zero-order valence-corrected chi connectivity index (χ0v) is 11.5. The van der Waals surface area contributed by atoms with Crippen molar-refractivity contribution in [2.75, 3.05) is 20.5 Å². The Morgan fingerprint density at radius 1 is 1.28 bits per heavy atom. The number of hydrogen-bond donors (Lipinski definition) is 0. The van der Waals surface area contributed by atoms with Crippen molar-refractivity contribution in [2.24, 2.45) is 4.99 Å². The van der Waals surface area contributed by atoms with Crippen molar-refractivity contribution in [2.45, 2.75) is 23.3 Å². The molecule has 4 nitrogen and oxygen atoms in total. The lowest BCUT2D eigenvalue weighted by atomic mass is 10.0. The first kappa shape index (κ1) is 13.0. The summed E-state index contributed by atoms with van der Waals surface area (Å²) in [5.41, 5.74) is 0.458. The van der Waals surface area contributed by atoms with E-state index in [0.29, 0.717) is 0 Å². The maximum absolute atomic E-state index is 10.5. The molecule has 5 heteroatoms. The number of methoxy groups -OCH3 is 2. The molecule has 1 aliphatic carbocycles. The van der Waals surface area contributed by atoms with E-state index in [1.54, 1.807) is 32.1 Å². The Morgan fingerprint density at radius 3 is 2.39 bits per heavy atom. The standard InChI is InChI=1S/C13H15NO3S/c1-16-10-7-12(18-3)11(17-2)6-9(10)13(4-5-13)14-8-15/h6-7H,4-5H2,1-3H3. The Bertz CT molecular complexity index is 505. The average Bonchev–Trinajstić information content (AvgIpc) is 3.18. The van der Waals surface area contributed by atoms with Gasteiger partial charge in [-0.05, 0) is 31.2 Å². The maximum atomic E-state index is 10.5. The van der Waals surface area contributed by atoms with Gasteiger partial charge in [-0.25, -0.2) is 4.79 Å². The summed E-state index contributed by atoms with van der Waals surface area (Å²) in [7, 11) is 3.25. The molecule has 2 rings (SSSR count). The molecule has 18 heavy (non-hydrogen) atoms. The minimum Gasteiger partial charge on any atom is -0.496 e. The van der Waals surface area contributed by atoms with Crippen LogP contribution in [-0.2, 0) is 10.3 Å². The fraction of sp³-hybridized carbons (Fsp3) is 0.462. The van der Waals surface area contributed by atoms with Gasteiger partial charge in [-0.3, -0.25) is 0 Å². The number of rotatable bonds is 5. The van der Waals surface area contributed by atoms with Crippen LogP contribution < -0.4 is 9.47 Å². The minimum atomic E-state index is -0.447. The van der Waals surface area contributed by atoms with E-state index in [-0.39, 0.29) is 0 Å². The number of nitrogens with zero attached hydrogens (tertiary/aromatic N) is 1. The van der Waals surface area contributed by atoms with Crippen LogP contribution in [0.2, 0.25) is 0 Å². The molecule has 0 N–H and O–H groups in total. The van der Waals surface area contributed by atoms with Crippen LogP contribution in [-0.4, -0.2) is 26.6 Å². The fourth-order valence-corrected chi connectivity index (χ4v) is 2.61. The molecule has 0 aliphatic heterocycles. The quantitative estimate of drug-likeness (QED) is 0.466. The van der Waals surface area contributed by atoms with Crippen molar-refractivity contribution in [3.63, 3.8) is 0 Å². The summed E-state index contributed by atoms with van der Waals surface area (Å²) in [6.45, 7) is 0. The van der Waals surface area contributed by atoms with Crippen LogP contribution in [0.4, 0.5) is 0 Å². The van der Waals surface area contributed by atoms with Gasteiger partial charge in [-0.1, -0.05) is 0 Å². The number of isocyanates is 1. The lowest BCUT2D eigenvalue weighted by Gasteiger charge is -2.17. The molecule has 0 radical (unpaired) electrons. The highest BCUT2D eigenvalue weighted by Gasteiger charge is 2.47. The molecule has 1 aromatic carbocycles. The number of carbonyl (C=O) groups excluding carboxylic acids is 1. The van der Waals surface area contributed by atoms with E-state index >= 15 is 0 Å². The van der Waals surface area contributed by atoms with E-state index in [2.05, 4.69) is 4.99 Å². The van der Waals surface area contributed by atoms with E-state index in [1.807, 2.05) is 18.4 Å². The lowest BCUT2D eigenvalue weighted by molar-refractivity contribution is 0.386. The Morgan fingerprint density at radius 2 is 1.94 bits per heavy atom. The summed E-state index contributed by atoms with van der Waals surface area (Å²) < 4.78 is 10.8. The van der Waals surface area contributed by atoms with Crippen LogP contribution in [0, 0.1) is 0 Å². The monoisotopic (exact) mass is 265 g/mol. The van der Waals surface area contributed by atoms with Crippen LogP contribution in [0.25, 0.3) is 0 Å². The minimum absolute atomic E-state index is 0.447. The highest BCUT2D eigenvalue weighted by Crippen LogP contribution is 2.54. The highest BCUT2D eigenvalue weighted by molar-refractivity contribution is 7.98. The van der Waals surface area contributed by atoms with Gasteiger partial charge in [0.25, 0.3) is 0 Å². The molecule has 1 aliphatic rings. The summed E-state index contributed by atoms with van der Waals surface area (Å²) in [4.78, 5) is 15.5. The Hall–Kier alpha value is -1.45. The molecule has 0 aromatic heterocycles. The third kappa shape index (κ3) is 2.11. The second kappa shape index (κ2) is 5.04. The van der Waals surface area contributed by atoms with E-state index in [0.717, 1.165) is 34.8 Å². The molecule has 1 saturated carbocycles.